The molecule has 0 saturated heterocycles. The fourth-order valence-corrected chi connectivity index (χ4v) is 0.706. The standard InChI is InChI=1S/C7H19N3/c1-2-4-9-6-7-10-5-3-8/h9-10H,2-8H2,1H3. The van der Waals surface area contributed by atoms with Crippen molar-refractivity contribution >= 4 is 0 Å². The lowest BCUT2D eigenvalue weighted by Crippen LogP contribution is -2.30. The van der Waals surface area contributed by atoms with Crippen molar-refractivity contribution in [3.05, 3.63) is 0 Å². The van der Waals surface area contributed by atoms with Crippen molar-refractivity contribution in [3.8, 4) is 0 Å². The maximum Gasteiger partial charge on any atom is 0.00772 e. The number of rotatable bonds is 7. The lowest BCUT2D eigenvalue weighted by molar-refractivity contribution is 0.610. The summed E-state index contributed by atoms with van der Waals surface area (Å²) in [6.45, 7) is 7.01. The highest BCUT2D eigenvalue weighted by molar-refractivity contribution is 4.50. The molecule has 3 heteroatoms. The molecule has 0 saturated carbocycles. The zero-order valence-corrected chi connectivity index (χ0v) is 6.82. The Hall–Kier alpha value is -0.120. The second kappa shape index (κ2) is 8.88. The van der Waals surface area contributed by atoms with Gasteiger partial charge >= 0.3 is 0 Å². The summed E-state index contributed by atoms with van der Waals surface area (Å²) in [4.78, 5) is 0. The first kappa shape index (κ1) is 9.88. The van der Waals surface area contributed by atoms with Crippen LogP contribution in [-0.2, 0) is 0 Å². The van der Waals surface area contributed by atoms with E-state index in [1.807, 2.05) is 0 Å². The summed E-state index contributed by atoms with van der Waals surface area (Å²) >= 11 is 0. The van der Waals surface area contributed by atoms with Crippen LogP contribution in [-0.4, -0.2) is 32.7 Å². The van der Waals surface area contributed by atoms with E-state index in [0.29, 0.717) is 0 Å². The number of hydrogen-bond donors (Lipinski definition) is 3. The van der Waals surface area contributed by atoms with Gasteiger partial charge in [0.05, 0.1) is 0 Å². The Bertz CT molecular complexity index is 48.8. The van der Waals surface area contributed by atoms with Crippen molar-refractivity contribution in [3.63, 3.8) is 0 Å². The predicted octanol–water partition coefficient (Wildman–Crippen LogP) is -0.466. The Balaban J connectivity index is 2.65. The van der Waals surface area contributed by atoms with E-state index in [4.69, 9.17) is 5.73 Å². The average molecular weight is 145 g/mol. The SMILES string of the molecule is CCCNCCNCCN. The van der Waals surface area contributed by atoms with Crippen molar-refractivity contribution in [2.75, 3.05) is 32.7 Å². The summed E-state index contributed by atoms with van der Waals surface area (Å²) in [6, 6.07) is 0. The van der Waals surface area contributed by atoms with Gasteiger partial charge < -0.3 is 16.4 Å². The van der Waals surface area contributed by atoms with E-state index in [1.165, 1.54) is 6.42 Å². The van der Waals surface area contributed by atoms with Crippen LogP contribution in [0, 0.1) is 0 Å². The second-order valence-corrected chi connectivity index (χ2v) is 2.29. The molecule has 0 aliphatic heterocycles. The third-order valence-corrected chi connectivity index (χ3v) is 1.23. The highest BCUT2D eigenvalue weighted by Crippen LogP contribution is 1.67. The van der Waals surface area contributed by atoms with Crippen LogP contribution >= 0.6 is 0 Å². The van der Waals surface area contributed by atoms with Crippen LogP contribution in [0.15, 0.2) is 0 Å². The third kappa shape index (κ3) is 7.88. The molecule has 0 heterocycles. The van der Waals surface area contributed by atoms with Gasteiger partial charge in [-0.2, -0.15) is 0 Å². The Morgan fingerprint density at radius 3 is 2.10 bits per heavy atom. The van der Waals surface area contributed by atoms with Crippen molar-refractivity contribution in [2.24, 2.45) is 5.73 Å². The molecule has 0 radical (unpaired) electrons. The summed E-state index contributed by atoms with van der Waals surface area (Å²) in [5.74, 6) is 0. The molecule has 0 aliphatic rings. The third-order valence-electron chi connectivity index (χ3n) is 1.23. The van der Waals surface area contributed by atoms with Crippen LogP contribution in [0.2, 0.25) is 0 Å². The first-order valence-electron chi connectivity index (χ1n) is 4.03. The molecular weight excluding hydrogens is 126 g/mol. The van der Waals surface area contributed by atoms with E-state index in [1.54, 1.807) is 0 Å². The van der Waals surface area contributed by atoms with Gasteiger partial charge in [0.25, 0.3) is 0 Å². The topological polar surface area (TPSA) is 50.1 Å². The molecule has 0 amide bonds. The largest absolute Gasteiger partial charge is 0.329 e. The van der Waals surface area contributed by atoms with E-state index >= 15 is 0 Å². The van der Waals surface area contributed by atoms with E-state index in [0.717, 1.165) is 32.7 Å². The molecule has 0 aromatic rings. The van der Waals surface area contributed by atoms with Crippen molar-refractivity contribution in [1.82, 2.24) is 10.6 Å². The Labute approximate surface area is 63.4 Å². The molecule has 0 fully saturated rings. The molecule has 0 unspecified atom stereocenters. The Morgan fingerprint density at radius 2 is 1.60 bits per heavy atom. The number of nitrogens with one attached hydrogen (secondary N) is 2. The van der Waals surface area contributed by atoms with Gasteiger partial charge in [-0.05, 0) is 13.0 Å². The fraction of sp³-hybridized carbons (Fsp3) is 1.00. The Morgan fingerprint density at radius 1 is 1.00 bits per heavy atom. The van der Waals surface area contributed by atoms with Crippen LogP contribution in [0.3, 0.4) is 0 Å². The maximum atomic E-state index is 5.29. The molecule has 3 nitrogen and oxygen atoms in total. The van der Waals surface area contributed by atoms with Gasteiger partial charge in [0, 0.05) is 26.2 Å². The molecule has 0 atom stereocenters. The van der Waals surface area contributed by atoms with Crippen LogP contribution in [0.25, 0.3) is 0 Å². The van der Waals surface area contributed by atoms with E-state index < -0.39 is 0 Å². The minimum atomic E-state index is 0.730. The molecule has 10 heavy (non-hydrogen) atoms. The van der Waals surface area contributed by atoms with E-state index in [-0.39, 0.29) is 0 Å². The highest BCUT2D eigenvalue weighted by atomic mass is 14.9. The summed E-state index contributed by atoms with van der Waals surface area (Å²) in [5, 5.41) is 6.50. The van der Waals surface area contributed by atoms with Crippen molar-refractivity contribution in [2.45, 2.75) is 13.3 Å². The van der Waals surface area contributed by atoms with Gasteiger partial charge in [-0.3, -0.25) is 0 Å². The molecule has 0 rings (SSSR count). The van der Waals surface area contributed by atoms with Gasteiger partial charge in [-0.15, -0.1) is 0 Å². The monoisotopic (exact) mass is 145 g/mol. The normalized spacial score (nSPS) is 10.2. The molecule has 0 aromatic carbocycles. The minimum Gasteiger partial charge on any atom is -0.329 e. The van der Waals surface area contributed by atoms with E-state index in [9.17, 15) is 0 Å². The summed E-state index contributed by atoms with van der Waals surface area (Å²) < 4.78 is 0. The predicted molar refractivity (Wildman–Crippen MR) is 45.1 cm³/mol. The number of nitrogens with two attached hydrogens (primary N) is 1. The summed E-state index contributed by atoms with van der Waals surface area (Å²) in [7, 11) is 0. The van der Waals surface area contributed by atoms with Crippen molar-refractivity contribution < 1.29 is 0 Å². The second-order valence-electron chi connectivity index (χ2n) is 2.29. The summed E-state index contributed by atoms with van der Waals surface area (Å²) in [6.07, 6.45) is 1.21. The molecule has 4 N–H and O–H groups in total. The molecule has 0 aromatic heterocycles. The summed E-state index contributed by atoms with van der Waals surface area (Å²) in [5.41, 5.74) is 5.29. The van der Waals surface area contributed by atoms with Gasteiger partial charge in [-0.25, -0.2) is 0 Å². The quantitative estimate of drug-likeness (QED) is 0.425. The Kier molecular flexibility index (Phi) is 8.77. The van der Waals surface area contributed by atoms with Crippen LogP contribution < -0.4 is 16.4 Å². The zero-order valence-electron chi connectivity index (χ0n) is 6.82. The molecular formula is C7H19N3. The van der Waals surface area contributed by atoms with Gasteiger partial charge in [0.2, 0.25) is 0 Å². The molecule has 0 bridgehead atoms. The fourth-order valence-electron chi connectivity index (χ4n) is 0.706. The van der Waals surface area contributed by atoms with Crippen LogP contribution in [0.5, 0.6) is 0 Å². The minimum absolute atomic E-state index is 0.730. The molecule has 0 aliphatic carbocycles. The molecule has 62 valence electrons. The highest BCUT2D eigenvalue weighted by Gasteiger charge is 1.83. The first-order chi connectivity index (χ1) is 4.91. The smallest absolute Gasteiger partial charge is 0.00772 e. The first-order valence-corrected chi connectivity index (χ1v) is 4.03. The lowest BCUT2D eigenvalue weighted by atomic mass is 10.4. The van der Waals surface area contributed by atoms with Crippen LogP contribution in [0.1, 0.15) is 13.3 Å². The molecule has 0 spiro atoms. The maximum absolute atomic E-state index is 5.29. The zero-order chi connectivity index (χ0) is 7.66. The van der Waals surface area contributed by atoms with Crippen molar-refractivity contribution in [1.29, 1.82) is 0 Å². The van der Waals surface area contributed by atoms with Gasteiger partial charge in [-0.1, -0.05) is 6.92 Å². The number of hydrogen-bond acceptors (Lipinski definition) is 3. The van der Waals surface area contributed by atoms with Crippen LogP contribution in [0.4, 0.5) is 0 Å². The van der Waals surface area contributed by atoms with Gasteiger partial charge in [0.1, 0.15) is 0 Å². The lowest BCUT2D eigenvalue weighted by Gasteiger charge is -2.03. The average Bonchev–Trinajstić information content (AvgIpc) is 1.97. The van der Waals surface area contributed by atoms with E-state index in [2.05, 4.69) is 17.6 Å². The van der Waals surface area contributed by atoms with Gasteiger partial charge in [0.15, 0.2) is 0 Å².